The Morgan fingerprint density at radius 1 is 0.913 bits per heavy atom. The van der Waals surface area contributed by atoms with Crippen LogP contribution in [0, 0.1) is 12.8 Å². The summed E-state index contributed by atoms with van der Waals surface area (Å²) in [7, 11) is 0. The van der Waals surface area contributed by atoms with Crippen molar-refractivity contribution in [1.82, 2.24) is 0 Å². The molecule has 0 unspecified atom stereocenters. The predicted molar refractivity (Wildman–Crippen MR) is 87.7 cm³/mol. The predicted octanol–water partition coefficient (Wildman–Crippen LogP) is 4.03. The van der Waals surface area contributed by atoms with Crippen LogP contribution in [0.4, 0.5) is 0 Å². The van der Waals surface area contributed by atoms with Crippen molar-refractivity contribution in [2.75, 3.05) is 6.61 Å². The van der Waals surface area contributed by atoms with Gasteiger partial charge in [0, 0.05) is 0 Å². The molecule has 0 N–H and O–H groups in total. The Labute approximate surface area is 136 Å². The molecule has 0 atom stereocenters. The lowest BCUT2D eigenvalue weighted by Gasteiger charge is -2.11. The van der Waals surface area contributed by atoms with Crippen LogP contribution in [-0.2, 0) is 4.74 Å². The van der Waals surface area contributed by atoms with Gasteiger partial charge in [0.05, 0.1) is 17.7 Å². The summed E-state index contributed by atoms with van der Waals surface area (Å²) in [5.74, 6) is -0.389. The van der Waals surface area contributed by atoms with Crippen molar-refractivity contribution in [3.63, 3.8) is 0 Å². The Kier molecular flexibility index (Phi) is 5.52. The van der Waals surface area contributed by atoms with Gasteiger partial charge < -0.3 is 9.47 Å². The number of hydrogen-bond acceptors (Lipinski definition) is 4. The van der Waals surface area contributed by atoms with Crippen LogP contribution in [-0.4, -0.2) is 18.5 Å². The van der Waals surface area contributed by atoms with Crippen molar-refractivity contribution in [1.29, 1.82) is 0 Å². The number of rotatable bonds is 5. The minimum absolute atomic E-state index is 0.199. The van der Waals surface area contributed by atoms with E-state index in [0.717, 1.165) is 5.56 Å². The Bertz CT molecular complexity index is 704. The average Bonchev–Trinajstić information content (AvgIpc) is 2.54. The Balaban J connectivity index is 2.21. The van der Waals surface area contributed by atoms with Crippen molar-refractivity contribution in [2.45, 2.75) is 20.8 Å². The second-order valence-electron chi connectivity index (χ2n) is 5.69. The van der Waals surface area contributed by atoms with E-state index in [1.54, 1.807) is 36.4 Å². The fourth-order valence-electron chi connectivity index (χ4n) is 1.99. The first kappa shape index (κ1) is 16.7. The molecule has 0 fully saturated rings. The van der Waals surface area contributed by atoms with Crippen LogP contribution in [0.2, 0.25) is 0 Å². The van der Waals surface area contributed by atoms with E-state index in [1.165, 1.54) is 0 Å². The number of para-hydroxylation sites is 1. The zero-order valence-corrected chi connectivity index (χ0v) is 13.5. The summed E-state index contributed by atoms with van der Waals surface area (Å²) in [6.07, 6.45) is 0. The van der Waals surface area contributed by atoms with Gasteiger partial charge in [0.15, 0.2) is 0 Å². The van der Waals surface area contributed by atoms with Gasteiger partial charge in [-0.1, -0.05) is 44.2 Å². The summed E-state index contributed by atoms with van der Waals surface area (Å²) in [5.41, 5.74) is 1.26. The normalized spacial score (nSPS) is 10.4. The van der Waals surface area contributed by atoms with Crippen LogP contribution in [0.25, 0.3) is 0 Å². The van der Waals surface area contributed by atoms with E-state index >= 15 is 0 Å². The van der Waals surface area contributed by atoms with Gasteiger partial charge in [0.25, 0.3) is 0 Å². The molecule has 0 heterocycles. The molecule has 0 aliphatic heterocycles. The standard InChI is InChI=1S/C19H20O4/c1-13(2)12-22-18(20)15-9-5-6-10-16(15)19(21)23-17-11-7-4-8-14(17)3/h4-11,13H,12H2,1-3H3. The summed E-state index contributed by atoms with van der Waals surface area (Å²) in [5, 5.41) is 0. The molecule has 120 valence electrons. The smallest absolute Gasteiger partial charge is 0.344 e. The van der Waals surface area contributed by atoms with Gasteiger partial charge in [0.2, 0.25) is 0 Å². The Morgan fingerprint density at radius 3 is 2.09 bits per heavy atom. The highest BCUT2D eigenvalue weighted by molar-refractivity contribution is 6.03. The molecule has 0 bridgehead atoms. The van der Waals surface area contributed by atoms with Crippen LogP contribution in [0.1, 0.15) is 40.1 Å². The highest BCUT2D eigenvalue weighted by atomic mass is 16.5. The fourth-order valence-corrected chi connectivity index (χ4v) is 1.99. The molecular formula is C19H20O4. The van der Waals surface area contributed by atoms with Crippen molar-refractivity contribution in [3.05, 3.63) is 65.2 Å². The SMILES string of the molecule is Cc1ccccc1OC(=O)c1ccccc1C(=O)OCC(C)C. The number of ether oxygens (including phenoxy) is 2. The number of carbonyl (C=O) groups is 2. The Morgan fingerprint density at radius 2 is 1.48 bits per heavy atom. The molecule has 2 rings (SSSR count). The summed E-state index contributed by atoms with van der Waals surface area (Å²) >= 11 is 0. The Hall–Kier alpha value is -2.62. The third-order valence-corrected chi connectivity index (χ3v) is 3.21. The molecule has 0 saturated carbocycles. The van der Waals surface area contributed by atoms with Gasteiger partial charge in [0.1, 0.15) is 5.75 Å². The van der Waals surface area contributed by atoms with Gasteiger partial charge in [-0.15, -0.1) is 0 Å². The van der Waals surface area contributed by atoms with Crippen LogP contribution >= 0.6 is 0 Å². The van der Waals surface area contributed by atoms with Crippen LogP contribution in [0.15, 0.2) is 48.5 Å². The van der Waals surface area contributed by atoms with E-state index in [-0.39, 0.29) is 17.0 Å². The minimum atomic E-state index is -0.573. The van der Waals surface area contributed by atoms with Crippen LogP contribution < -0.4 is 4.74 Å². The van der Waals surface area contributed by atoms with Gasteiger partial charge in [-0.05, 0) is 36.6 Å². The maximum Gasteiger partial charge on any atom is 0.344 e. The number of esters is 2. The summed E-state index contributed by atoms with van der Waals surface area (Å²) < 4.78 is 10.6. The highest BCUT2D eigenvalue weighted by Gasteiger charge is 2.20. The molecule has 4 heteroatoms. The van der Waals surface area contributed by atoms with Crippen molar-refractivity contribution < 1.29 is 19.1 Å². The molecule has 0 saturated heterocycles. The second kappa shape index (κ2) is 7.58. The van der Waals surface area contributed by atoms with E-state index in [0.29, 0.717) is 12.4 Å². The minimum Gasteiger partial charge on any atom is -0.462 e. The lowest BCUT2D eigenvalue weighted by atomic mass is 10.1. The van der Waals surface area contributed by atoms with Crippen molar-refractivity contribution >= 4 is 11.9 Å². The topological polar surface area (TPSA) is 52.6 Å². The van der Waals surface area contributed by atoms with E-state index in [9.17, 15) is 9.59 Å². The fraction of sp³-hybridized carbons (Fsp3) is 0.263. The first-order valence-corrected chi connectivity index (χ1v) is 7.53. The highest BCUT2D eigenvalue weighted by Crippen LogP contribution is 2.19. The second-order valence-corrected chi connectivity index (χ2v) is 5.69. The molecule has 0 aromatic heterocycles. The zero-order valence-electron chi connectivity index (χ0n) is 13.5. The van der Waals surface area contributed by atoms with Crippen molar-refractivity contribution in [2.24, 2.45) is 5.92 Å². The van der Waals surface area contributed by atoms with Gasteiger partial charge in [-0.25, -0.2) is 9.59 Å². The summed E-state index contributed by atoms with van der Waals surface area (Å²) in [6, 6.07) is 13.7. The van der Waals surface area contributed by atoms with Crippen molar-refractivity contribution in [3.8, 4) is 5.75 Å². The number of carbonyl (C=O) groups excluding carboxylic acids is 2. The molecule has 0 radical (unpaired) electrons. The van der Waals surface area contributed by atoms with Gasteiger partial charge >= 0.3 is 11.9 Å². The lowest BCUT2D eigenvalue weighted by molar-refractivity contribution is 0.0452. The molecule has 0 aliphatic carbocycles. The third kappa shape index (κ3) is 4.42. The largest absolute Gasteiger partial charge is 0.462 e. The molecule has 4 nitrogen and oxygen atoms in total. The molecule has 0 aliphatic rings. The quantitative estimate of drug-likeness (QED) is 0.618. The molecule has 2 aromatic carbocycles. The monoisotopic (exact) mass is 312 g/mol. The summed E-state index contributed by atoms with van der Waals surface area (Å²) in [4.78, 5) is 24.6. The zero-order chi connectivity index (χ0) is 16.8. The first-order valence-electron chi connectivity index (χ1n) is 7.53. The number of hydrogen-bond donors (Lipinski definition) is 0. The molecule has 2 aromatic rings. The lowest BCUT2D eigenvalue weighted by Crippen LogP contribution is -2.17. The summed E-state index contributed by atoms with van der Waals surface area (Å²) in [6.45, 7) is 6.06. The van der Waals surface area contributed by atoms with E-state index in [1.807, 2.05) is 32.9 Å². The average molecular weight is 312 g/mol. The number of benzene rings is 2. The van der Waals surface area contributed by atoms with Gasteiger partial charge in [-0.2, -0.15) is 0 Å². The molecule has 0 spiro atoms. The maximum atomic E-state index is 12.4. The first-order chi connectivity index (χ1) is 11.0. The maximum absolute atomic E-state index is 12.4. The molecule has 0 amide bonds. The van der Waals surface area contributed by atoms with Crippen LogP contribution in [0.3, 0.4) is 0 Å². The van der Waals surface area contributed by atoms with E-state index in [2.05, 4.69) is 0 Å². The van der Waals surface area contributed by atoms with E-state index < -0.39 is 11.9 Å². The molecule has 23 heavy (non-hydrogen) atoms. The third-order valence-electron chi connectivity index (χ3n) is 3.21. The molecular weight excluding hydrogens is 292 g/mol. The van der Waals surface area contributed by atoms with Gasteiger partial charge in [-0.3, -0.25) is 0 Å². The van der Waals surface area contributed by atoms with Crippen LogP contribution in [0.5, 0.6) is 5.75 Å². The van der Waals surface area contributed by atoms with E-state index in [4.69, 9.17) is 9.47 Å². The number of aryl methyl sites for hydroxylation is 1.